The summed E-state index contributed by atoms with van der Waals surface area (Å²) < 4.78 is 5.55. The number of nitrogen functional groups attached to an aromatic ring is 1. The van der Waals surface area contributed by atoms with Crippen molar-refractivity contribution in [2.24, 2.45) is 0 Å². The van der Waals surface area contributed by atoms with Gasteiger partial charge in [-0.05, 0) is 31.0 Å². The first kappa shape index (κ1) is 12.4. The van der Waals surface area contributed by atoms with Gasteiger partial charge in [0.25, 0.3) is 0 Å². The monoisotopic (exact) mass is 243 g/mol. The van der Waals surface area contributed by atoms with Crippen LogP contribution in [-0.2, 0) is 0 Å². The fourth-order valence-corrected chi connectivity index (χ4v) is 1.68. The molecule has 0 aliphatic carbocycles. The molecule has 4 nitrogen and oxygen atoms in total. The number of aryl methyl sites for hydroxylation is 1. The number of aromatic nitrogens is 2. The molecule has 2 rings (SSSR count). The first-order valence-corrected chi connectivity index (χ1v) is 6.01. The summed E-state index contributed by atoms with van der Waals surface area (Å²) in [4.78, 5) is 8.51. The smallest absolute Gasteiger partial charge is 0.138 e. The third-order valence-electron chi connectivity index (χ3n) is 2.51. The van der Waals surface area contributed by atoms with E-state index in [0.717, 1.165) is 29.0 Å². The molecule has 2 N–H and O–H groups in total. The molecule has 2 aromatic rings. The molecular weight excluding hydrogens is 226 g/mol. The van der Waals surface area contributed by atoms with Crippen molar-refractivity contribution in [1.29, 1.82) is 0 Å². The predicted octanol–water partition coefficient (Wildman–Crippen LogP) is 2.82. The van der Waals surface area contributed by atoms with Gasteiger partial charge in [-0.15, -0.1) is 0 Å². The Morgan fingerprint density at radius 2 is 2.06 bits per heavy atom. The molecule has 0 aliphatic rings. The van der Waals surface area contributed by atoms with E-state index in [1.807, 2.05) is 19.1 Å². The Balaban J connectivity index is 2.32. The fraction of sp³-hybridized carbons (Fsp3) is 0.286. The highest BCUT2D eigenvalue weighted by atomic mass is 16.5. The lowest BCUT2D eigenvalue weighted by Crippen LogP contribution is -1.98. The summed E-state index contributed by atoms with van der Waals surface area (Å²) in [5.74, 6) is 0.746. The summed E-state index contributed by atoms with van der Waals surface area (Å²) in [6.07, 6.45) is 6.21. The van der Waals surface area contributed by atoms with Gasteiger partial charge in [0.15, 0.2) is 0 Å². The van der Waals surface area contributed by atoms with E-state index in [1.54, 1.807) is 18.6 Å². The standard InChI is InChI=1S/C14H17N3O/c1-3-4-18-12-6-11(8-16-9-12)14-13(15)5-10(2)7-17-14/h5-9H,3-4,15H2,1-2H3. The maximum absolute atomic E-state index is 5.97. The van der Waals surface area contributed by atoms with Crippen molar-refractivity contribution in [2.75, 3.05) is 12.3 Å². The number of nitrogens with two attached hydrogens (primary N) is 1. The summed E-state index contributed by atoms with van der Waals surface area (Å²) in [7, 11) is 0. The van der Waals surface area contributed by atoms with Gasteiger partial charge >= 0.3 is 0 Å². The van der Waals surface area contributed by atoms with E-state index in [2.05, 4.69) is 16.9 Å². The highest BCUT2D eigenvalue weighted by Crippen LogP contribution is 2.26. The van der Waals surface area contributed by atoms with Gasteiger partial charge in [-0.3, -0.25) is 9.97 Å². The molecular formula is C14H17N3O. The Morgan fingerprint density at radius 1 is 1.22 bits per heavy atom. The second kappa shape index (κ2) is 5.49. The molecule has 0 saturated carbocycles. The Kier molecular flexibility index (Phi) is 3.77. The van der Waals surface area contributed by atoms with E-state index < -0.39 is 0 Å². The van der Waals surface area contributed by atoms with Gasteiger partial charge in [0, 0.05) is 18.0 Å². The highest BCUT2D eigenvalue weighted by Gasteiger charge is 2.06. The van der Waals surface area contributed by atoms with Gasteiger partial charge in [-0.1, -0.05) is 6.92 Å². The van der Waals surface area contributed by atoms with Crippen LogP contribution in [0.3, 0.4) is 0 Å². The van der Waals surface area contributed by atoms with Gasteiger partial charge in [0.05, 0.1) is 24.2 Å². The van der Waals surface area contributed by atoms with E-state index in [-0.39, 0.29) is 0 Å². The maximum atomic E-state index is 5.97. The third-order valence-corrected chi connectivity index (χ3v) is 2.51. The fourth-order valence-electron chi connectivity index (χ4n) is 1.68. The number of rotatable bonds is 4. The Labute approximate surface area is 107 Å². The molecule has 0 saturated heterocycles. The number of nitrogens with zero attached hydrogens (tertiary/aromatic N) is 2. The average molecular weight is 243 g/mol. The van der Waals surface area contributed by atoms with Crippen LogP contribution in [0.2, 0.25) is 0 Å². The number of anilines is 1. The normalized spacial score (nSPS) is 10.3. The number of hydrogen-bond donors (Lipinski definition) is 1. The summed E-state index contributed by atoms with van der Waals surface area (Å²) in [5, 5.41) is 0. The molecule has 0 fully saturated rings. The lowest BCUT2D eigenvalue weighted by Gasteiger charge is -2.08. The van der Waals surface area contributed by atoms with Crippen LogP contribution in [-0.4, -0.2) is 16.6 Å². The SMILES string of the molecule is CCCOc1cncc(-c2ncc(C)cc2N)c1. The predicted molar refractivity (Wildman–Crippen MR) is 72.4 cm³/mol. The van der Waals surface area contributed by atoms with Crippen LogP contribution in [0, 0.1) is 6.92 Å². The van der Waals surface area contributed by atoms with Crippen LogP contribution in [0.25, 0.3) is 11.3 Å². The summed E-state index contributed by atoms with van der Waals surface area (Å²) in [5.41, 5.74) is 9.29. The number of pyridine rings is 2. The summed E-state index contributed by atoms with van der Waals surface area (Å²) in [6, 6.07) is 3.82. The Hall–Kier alpha value is -2.10. The molecule has 94 valence electrons. The van der Waals surface area contributed by atoms with Crippen molar-refractivity contribution in [3.63, 3.8) is 0 Å². The maximum Gasteiger partial charge on any atom is 0.138 e. The summed E-state index contributed by atoms with van der Waals surface area (Å²) in [6.45, 7) is 4.71. The van der Waals surface area contributed by atoms with Crippen molar-refractivity contribution in [1.82, 2.24) is 9.97 Å². The molecule has 18 heavy (non-hydrogen) atoms. The highest BCUT2D eigenvalue weighted by molar-refractivity contribution is 5.72. The molecule has 0 bridgehead atoms. The quantitative estimate of drug-likeness (QED) is 0.897. The molecule has 0 atom stereocenters. The molecule has 0 aliphatic heterocycles. The van der Waals surface area contributed by atoms with Crippen molar-refractivity contribution in [3.05, 3.63) is 36.3 Å². The number of hydrogen-bond acceptors (Lipinski definition) is 4. The van der Waals surface area contributed by atoms with Gasteiger partial charge in [0.1, 0.15) is 5.75 Å². The minimum atomic E-state index is 0.657. The van der Waals surface area contributed by atoms with Crippen molar-refractivity contribution >= 4 is 5.69 Å². The third kappa shape index (κ3) is 2.77. The van der Waals surface area contributed by atoms with E-state index in [4.69, 9.17) is 10.5 Å². The Morgan fingerprint density at radius 3 is 2.78 bits per heavy atom. The van der Waals surface area contributed by atoms with Gasteiger partial charge < -0.3 is 10.5 Å². The van der Waals surface area contributed by atoms with Crippen LogP contribution in [0.5, 0.6) is 5.75 Å². The minimum absolute atomic E-state index is 0.657. The zero-order valence-electron chi connectivity index (χ0n) is 10.7. The molecule has 0 radical (unpaired) electrons. The van der Waals surface area contributed by atoms with Crippen molar-refractivity contribution in [3.8, 4) is 17.0 Å². The average Bonchev–Trinajstić information content (AvgIpc) is 2.36. The number of ether oxygens (including phenoxy) is 1. The van der Waals surface area contributed by atoms with Crippen molar-refractivity contribution in [2.45, 2.75) is 20.3 Å². The van der Waals surface area contributed by atoms with Crippen LogP contribution < -0.4 is 10.5 Å². The van der Waals surface area contributed by atoms with Gasteiger partial charge in [-0.25, -0.2) is 0 Å². The van der Waals surface area contributed by atoms with Gasteiger partial charge in [-0.2, -0.15) is 0 Å². The minimum Gasteiger partial charge on any atom is -0.492 e. The van der Waals surface area contributed by atoms with Crippen molar-refractivity contribution < 1.29 is 4.74 Å². The van der Waals surface area contributed by atoms with Gasteiger partial charge in [0.2, 0.25) is 0 Å². The first-order chi connectivity index (χ1) is 8.70. The Bertz CT molecular complexity index is 540. The molecule has 2 aromatic heterocycles. The zero-order chi connectivity index (χ0) is 13.0. The second-order valence-electron chi connectivity index (χ2n) is 4.21. The van der Waals surface area contributed by atoms with E-state index >= 15 is 0 Å². The zero-order valence-corrected chi connectivity index (χ0v) is 10.7. The molecule has 0 aromatic carbocycles. The van der Waals surface area contributed by atoms with Crippen LogP contribution in [0.4, 0.5) is 5.69 Å². The largest absolute Gasteiger partial charge is 0.492 e. The molecule has 0 spiro atoms. The van der Waals surface area contributed by atoms with E-state index in [9.17, 15) is 0 Å². The molecule has 2 heterocycles. The lowest BCUT2D eigenvalue weighted by atomic mass is 10.1. The molecule has 0 unspecified atom stereocenters. The summed E-state index contributed by atoms with van der Waals surface area (Å²) >= 11 is 0. The molecule has 0 amide bonds. The first-order valence-electron chi connectivity index (χ1n) is 6.01. The lowest BCUT2D eigenvalue weighted by molar-refractivity contribution is 0.316. The second-order valence-corrected chi connectivity index (χ2v) is 4.21. The van der Waals surface area contributed by atoms with Crippen LogP contribution >= 0.6 is 0 Å². The van der Waals surface area contributed by atoms with Crippen LogP contribution in [0.1, 0.15) is 18.9 Å². The molecule has 4 heteroatoms. The topological polar surface area (TPSA) is 61.0 Å². The van der Waals surface area contributed by atoms with E-state index in [0.29, 0.717) is 12.3 Å². The van der Waals surface area contributed by atoms with Crippen LogP contribution in [0.15, 0.2) is 30.7 Å². The van der Waals surface area contributed by atoms with E-state index in [1.165, 1.54) is 0 Å².